The molecule has 0 saturated heterocycles. The van der Waals surface area contributed by atoms with E-state index in [1.807, 2.05) is 30.3 Å². The minimum atomic E-state index is -0.597. The molecule has 0 aliphatic rings. The molecule has 0 fully saturated rings. The predicted octanol–water partition coefficient (Wildman–Crippen LogP) is 3.17. The first-order chi connectivity index (χ1) is 10.6. The summed E-state index contributed by atoms with van der Waals surface area (Å²) in [5.41, 5.74) is 3.50. The zero-order valence-corrected chi connectivity index (χ0v) is 12.1. The first kappa shape index (κ1) is 15.4. The Balaban J connectivity index is 1.78. The van der Waals surface area contributed by atoms with Gasteiger partial charge in [-0.15, -0.1) is 0 Å². The van der Waals surface area contributed by atoms with Crippen molar-refractivity contribution in [3.63, 3.8) is 0 Å². The molecule has 22 heavy (non-hydrogen) atoms. The number of allylic oxidation sites excluding steroid dienone is 1. The van der Waals surface area contributed by atoms with Gasteiger partial charge in [-0.05, 0) is 42.6 Å². The first-order valence-corrected chi connectivity index (χ1v) is 6.62. The van der Waals surface area contributed by atoms with Crippen LogP contribution < -0.4 is 10.7 Å². The number of furan rings is 1. The zero-order chi connectivity index (χ0) is 15.8. The van der Waals surface area contributed by atoms with Gasteiger partial charge in [0.2, 0.25) is 0 Å². The van der Waals surface area contributed by atoms with Crippen molar-refractivity contribution in [3.8, 4) is 0 Å². The van der Waals surface area contributed by atoms with Gasteiger partial charge < -0.3 is 9.73 Å². The predicted molar refractivity (Wildman–Crippen MR) is 88.7 cm³/mol. The van der Waals surface area contributed by atoms with Crippen molar-refractivity contribution in [1.29, 1.82) is 0 Å². The van der Waals surface area contributed by atoms with Crippen LogP contribution in [0.25, 0.3) is 6.08 Å². The summed E-state index contributed by atoms with van der Waals surface area (Å²) >= 11 is 5.06. The third kappa shape index (κ3) is 4.84. The third-order valence-electron chi connectivity index (χ3n) is 2.41. The summed E-state index contributed by atoms with van der Waals surface area (Å²) in [6, 6.07) is 12.2. The van der Waals surface area contributed by atoms with Gasteiger partial charge in [-0.3, -0.25) is 15.5 Å². The summed E-state index contributed by atoms with van der Waals surface area (Å²) in [5, 5.41) is 17.6. The van der Waals surface area contributed by atoms with Crippen molar-refractivity contribution in [2.45, 2.75) is 0 Å². The van der Waals surface area contributed by atoms with Crippen LogP contribution in [-0.2, 0) is 0 Å². The van der Waals surface area contributed by atoms with E-state index in [1.165, 1.54) is 18.3 Å². The molecule has 2 rings (SSSR count). The lowest BCUT2D eigenvalue weighted by Crippen LogP contribution is -2.23. The number of hydrogen-bond donors (Lipinski definition) is 2. The average Bonchev–Trinajstić information content (AvgIpc) is 2.97. The van der Waals surface area contributed by atoms with Gasteiger partial charge in [-0.1, -0.05) is 18.2 Å². The second-order valence-electron chi connectivity index (χ2n) is 4.00. The maximum atomic E-state index is 10.4. The van der Waals surface area contributed by atoms with Gasteiger partial charge in [0, 0.05) is 11.9 Å². The van der Waals surface area contributed by atoms with Crippen LogP contribution in [-0.4, -0.2) is 16.3 Å². The Morgan fingerprint density at radius 3 is 2.73 bits per heavy atom. The molecule has 0 aliphatic carbocycles. The minimum absolute atomic E-state index is 0.303. The van der Waals surface area contributed by atoms with Crippen LogP contribution in [0.15, 0.2) is 58.1 Å². The highest BCUT2D eigenvalue weighted by Crippen LogP contribution is 2.16. The number of anilines is 1. The monoisotopic (exact) mass is 316 g/mol. The molecule has 1 aromatic carbocycles. The van der Waals surface area contributed by atoms with Crippen LogP contribution in [0.4, 0.5) is 11.6 Å². The summed E-state index contributed by atoms with van der Waals surface area (Å²) in [6.45, 7) is 0. The van der Waals surface area contributed by atoms with E-state index in [4.69, 9.17) is 16.6 Å². The Morgan fingerprint density at radius 1 is 1.27 bits per heavy atom. The Bertz CT molecular complexity index is 710. The van der Waals surface area contributed by atoms with Crippen molar-refractivity contribution in [2.75, 3.05) is 5.32 Å². The highest BCUT2D eigenvalue weighted by atomic mass is 32.1. The number of hydrogen-bond acceptors (Lipinski definition) is 5. The summed E-state index contributed by atoms with van der Waals surface area (Å²) in [4.78, 5) is 9.85. The van der Waals surface area contributed by atoms with E-state index in [2.05, 4.69) is 15.8 Å². The number of para-hydroxylation sites is 1. The molecule has 112 valence electrons. The van der Waals surface area contributed by atoms with Crippen LogP contribution in [0.1, 0.15) is 5.76 Å². The maximum absolute atomic E-state index is 10.4. The molecule has 8 heteroatoms. The van der Waals surface area contributed by atoms with Gasteiger partial charge in [0.25, 0.3) is 0 Å². The van der Waals surface area contributed by atoms with Crippen molar-refractivity contribution in [1.82, 2.24) is 5.43 Å². The highest BCUT2D eigenvalue weighted by molar-refractivity contribution is 7.80. The number of benzene rings is 1. The second kappa shape index (κ2) is 7.70. The average molecular weight is 316 g/mol. The van der Waals surface area contributed by atoms with E-state index in [1.54, 1.807) is 12.2 Å². The summed E-state index contributed by atoms with van der Waals surface area (Å²) in [5.74, 6) is 0.0612. The smallest absolute Gasteiger partial charge is 0.401 e. The minimum Gasteiger partial charge on any atom is -0.401 e. The molecule has 0 radical (unpaired) electrons. The van der Waals surface area contributed by atoms with Gasteiger partial charge in [-0.25, -0.2) is 0 Å². The van der Waals surface area contributed by atoms with E-state index in [-0.39, 0.29) is 5.88 Å². The highest BCUT2D eigenvalue weighted by Gasteiger charge is 2.09. The van der Waals surface area contributed by atoms with E-state index >= 15 is 0 Å². The largest absolute Gasteiger partial charge is 0.433 e. The zero-order valence-electron chi connectivity index (χ0n) is 11.3. The summed E-state index contributed by atoms with van der Waals surface area (Å²) in [6.07, 6.45) is 4.57. The number of nitro groups is 1. The fraction of sp³-hybridized carbons (Fsp3) is 0. The number of rotatable bonds is 5. The molecule has 0 aliphatic heterocycles. The van der Waals surface area contributed by atoms with Crippen LogP contribution in [0.3, 0.4) is 0 Å². The number of nitrogens with zero attached hydrogens (tertiary/aromatic N) is 2. The Kier molecular flexibility index (Phi) is 5.38. The van der Waals surface area contributed by atoms with Gasteiger partial charge in [0.1, 0.15) is 10.7 Å². The summed E-state index contributed by atoms with van der Waals surface area (Å²) < 4.78 is 4.95. The molecule has 0 amide bonds. The second-order valence-corrected chi connectivity index (χ2v) is 4.41. The standard InChI is InChI=1S/C14H12N4O3S/c19-18(20)13-9-8-12(21-13)7-4-10-15-17-14(22)16-11-5-2-1-3-6-11/h1-10H,(H2,16,17,22)/b7-4+,15-10+. The molecule has 2 aromatic rings. The van der Waals surface area contributed by atoms with Crippen molar-refractivity contribution in [2.24, 2.45) is 5.10 Å². The molecule has 0 unspecified atom stereocenters. The SMILES string of the molecule is O=[N+]([O-])c1ccc(/C=C/C=N/NC(=S)Nc2ccccc2)o1. The molecular weight excluding hydrogens is 304 g/mol. The molecule has 0 atom stereocenters. The van der Waals surface area contributed by atoms with Gasteiger partial charge >= 0.3 is 5.88 Å². The Morgan fingerprint density at radius 2 is 2.05 bits per heavy atom. The molecule has 0 saturated carbocycles. The van der Waals surface area contributed by atoms with E-state index in [0.717, 1.165) is 5.69 Å². The normalized spacial score (nSPS) is 10.9. The molecule has 1 aromatic heterocycles. The quantitative estimate of drug-likeness (QED) is 0.381. The molecule has 0 spiro atoms. The molecule has 2 N–H and O–H groups in total. The van der Waals surface area contributed by atoms with Gasteiger partial charge in [-0.2, -0.15) is 5.10 Å². The molecule has 1 heterocycles. The Labute approximate surface area is 131 Å². The van der Waals surface area contributed by atoms with Crippen molar-refractivity contribution < 1.29 is 9.34 Å². The number of hydrazone groups is 1. The molecule has 0 bridgehead atoms. The maximum Gasteiger partial charge on any atom is 0.433 e. The first-order valence-electron chi connectivity index (χ1n) is 6.21. The van der Waals surface area contributed by atoms with E-state index in [0.29, 0.717) is 10.9 Å². The van der Waals surface area contributed by atoms with E-state index < -0.39 is 4.92 Å². The fourth-order valence-electron chi connectivity index (χ4n) is 1.49. The van der Waals surface area contributed by atoms with Crippen molar-refractivity contribution in [3.05, 3.63) is 64.4 Å². The number of thiocarbonyl (C=S) groups is 1. The topological polar surface area (TPSA) is 92.7 Å². The molecular formula is C14H12N4O3S. The van der Waals surface area contributed by atoms with Crippen LogP contribution in [0.2, 0.25) is 0 Å². The van der Waals surface area contributed by atoms with Crippen LogP contribution in [0, 0.1) is 10.1 Å². The Hall–Kier alpha value is -3.00. The van der Waals surface area contributed by atoms with Crippen LogP contribution >= 0.6 is 12.2 Å². The van der Waals surface area contributed by atoms with Crippen LogP contribution in [0.5, 0.6) is 0 Å². The lowest BCUT2D eigenvalue weighted by Gasteiger charge is -2.05. The van der Waals surface area contributed by atoms with Gasteiger partial charge in [0.15, 0.2) is 5.11 Å². The fourth-order valence-corrected chi connectivity index (χ4v) is 1.66. The van der Waals surface area contributed by atoms with E-state index in [9.17, 15) is 10.1 Å². The third-order valence-corrected chi connectivity index (χ3v) is 2.60. The lowest BCUT2D eigenvalue weighted by atomic mass is 10.3. The van der Waals surface area contributed by atoms with Gasteiger partial charge in [0.05, 0.1) is 6.07 Å². The molecule has 7 nitrogen and oxygen atoms in total. The summed E-state index contributed by atoms with van der Waals surface area (Å²) in [7, 11) is 0. The number of nitrogens with one attached hydrogen (secondary N) is 2. The lowest BCUT2D eigenvalue weighted by molar-refractivity contribution is -0.402. The van der Waals surface area contributed by atoms with Crippen molar-refractivity contribution >= 4 is 41.2 Å².